The molecule has 7 aromatic carbocycles. The Morgan fingerprint density at radius 3 is 2.00 bits per heavy atom. The van der Waals surface area contributed by atoms with Crippen molar-refractivity contribution in [2.24, 2.45) is 0 Å². The van der Waals surface area contributed by atoms with Crippen LogP contribution in [0.2, 0.25) is 10.0 Å². The second-order valence-corrected chi connectivity index (χ2v) is 9.82. The van der Waals surface area contributed by atoms with E-state index in [1.165, 1.54) is 0 Å². The molecule has 3 nitrogen and oxygen atoms in total. The molecule has 1 aromatic heterocycles. The van der Waals surface area contributed by atoms with E-state index in [9.17, 15) is 9.59 Å². The molecular weight excluding hydrogens is 479 g/mol. The quantitative estimate of drug-likeness (QED) is 0.215. The van der Waals surface area contributed by atoms with E-state index < -0.39 is 0 Å². The van der Waals surface area contributed by atoms with E-state index in [0.29, 0.717) is 48.1 Å². The Morgan fingerprint density at radius 1 is 0.514 bits per heavy atom. The minimum Gasteiger partial charge on any atom is -0.455 e. The molecule has 8 aromatic rings. The normalized spacial score (nSPS) is 12.5. The molecule has 0 N–H and O–H groups in total. The van der Waals surface area contributed by atoms with E-state index >= 15 is 0 Å². The summed E-state index contributed by atoms with van der Waals surface area (Å²) in [5.41, 5.74) is 0.897. The van der Waals surface area contributed by atoms with E-state index in [1.54, 1.807) is 18.2 Å². The zero-order valence-corrected chi connectivity index (χ0v) is 19.4. The van der Waals surface area contributed by atoms with E-state index in [1.807, 2.05) is 54.6 Å². The lowest BCUT2D eigenvalue weighted by molar-refractivity contribution is 0.673. The number of halogens is 2. The molecule has 0 amide bonds. The van der Waals surface area contributed by atoms with Gasteiger partial charge in [0.25, 0.3) is 0 Å². The van der Waals surface area contributed by atoms with Crippen molar-refractivity contribution in [3.8, 4) is 0 Å². The van der Waals surface area contributed by atoms with Crippen molar-refractivity contribution in [2.45, 2.75) is 0 Å². The van der Waals surface area contributed by atoms with Gasteiger partial charge in [0.05, 0.1) is 0 Å². The van der Waals surface area contributed by atoms with E-state index in [4.69, 9.17) is 27.6 Å². The Hall–Kier alpha value is -3.92. The fourth-order valence-electron chi connectivity index (χ4n) is 5.89. The lowest BCUT2D eigenvalue weighted by Crippen LogP contribution is -2.01. The van der Waals surface area contributed by atoms with Crippen molar-refractivity contribution >= 4 is 99.0 Å². The van der Waals surface area contributed by atoms with Gasteiger partial charge in [0.1, 0.15) is 11.2 Å². The SMILES string of the molecule is O=c1c2cc(Cl)ccc2c2c1c1c(=O)c3cc(Cl)c4ccccc4c3c1c1oc3ccccc3c12. The molecule has 0 radical (unpaired) electrons. The Morgan fingerprint density at radius 2 is 1.17 bits per heavy atom. The van der Waals surface area contributed by atoms with Crippen LogP contribution in [0, 0.1) is 0 Å². The predicted molar refractivity (Wildman–Crippen MR) is 146 cm³/mol. The van der Waals surface area contributed by atoms with Gasteiger partial charge in [0, 0.05) is 63.9 Å². The smallest absolute Gasteiger partial charge is 0.195 e. The Kier molecular flexibility index (Phi) is 3.54. The predicted octanol–water partition coefficient (Wildman–Crippen LogP) is 8.25. The molecule has 5 heteroatoms. The molecule has 164 valence electrons. The van der Waals surface area contributed by atoms with Gasteiger partial charge in [-0.2, -0.15) is 0 Å². The molecule has 0 aliphatic rings. The minimum atomic E-state index is -0.214. The molecule has 0 saturated carbocycles. The first-order chi connectivity index (χ1) is 17.0. The van der Waals surface area contributed by atoms with Crippen molar-refractivity contribution in [3.05, 3.63) is 103 Å². The first-order valence-corrected chi connectivity index (χ1v) is 11.9. The van der Waals surface area contributed by atoms with Gasteiger partial charge in [-0.15, -0.1) is 0 Å². The van der Waals surface area contributed by atoms with Gasteiger partial charge in [0.15, 0.2) is 10.9 Å². The van der Waals surface area contributed by atoms with Crippen LogP contribution in [0.25, 0.3) is 75.8 Å². The molecular formula is C30H12Cl2O3. The number of hydrogen-bond donors (Lipinski definition) is 0. The van der Waals surface area contributed by atoms with Crippen LogP contribution in [0.15, 0.2) is 86.8 Å². The average Bonchev–Trinajstić information content (AvgIpc) is 3.48. The maximum Gasteiger partial charge on any atom is 0.195 e. The van der Waals surface area contributed by atoms with E-state index in [-0.39, 0.29) is 10.9 Å². The summed E-state index contributed by atoms with van der Waals surface area (Å²) in [6.45, 7) is 0. The zero-order chi connectivity index (χ0) is 23.6. The third kappa shape index (κ3) is 2.23. The van der Waals surface area contributed by atoms with Crippen molar-refractivity contribution in [1.29, 1.82) is 0 Å². The fourth-order valence-corrected chi connectivity index (χ4v) is 6.34. The second-order valence-electron chi connectivity index (χ2n) is 8.98. The Bertz CT molecular complexity index is 2330. The summed E-state index contributed by atoms with van der Waals surface area (Å²) in [4.78, 5) is 27.8. The Labute approximate surface area is 206 Å². The first kappa shape index (κ1) is 19.4. The standard InChI is InChI=1S/C30H12Cl2O3/c31-13-9-10-16-18(11-13)28(33)25-23(16)24-17-7-3-4-8-21(17)35-30(24)27-22-15-6-2-1-5-14(15)20(32)12-19(22)29(34)26(25)27/h1-12H. The van der Waals surface area contributed by atoms with Gasteiger partial charge in [0.2, 0.25) is 0 Å². The van der Waals surface area contributed by atoms with Gasteiger partial charge in [-0.25, -0.2) is 0 Å². The lowest BCUT2D eigenvalue weighted by atomic mass is 9.98. The van der Waals surface area contributed by atoms with Crippen molar-refractivity contribution in [1.82, 2.24) is 0 Å². The lowest BCUT2D eigenvalue weighted by Gasteiger charge is -2.04. The van der Waals surface area contributed by atoms with Crippen molar-refractivity contribution < 1.29 is 4.42 Å². The van der Waals surface area contributed by atoms with Crippen LogP contribution in [0.5, 0.6) is 0 Å². The van der Waals surface area contributed by atoms with Crippen LogP contribution < -0.4 is 10.9 Å². The molecule has 0 bridgehead atoms. The molecule has 0 unspecified atom stereocenters. The summed E-state index contributed by atoms with van der Waals surface area (Å²) in [7, 11) is 0. The maximum absolute atomic E-state index is 14.0. The molecule has 0 saturated heterocycles. The molecule has 0 aliphatic heterocycles. The highest BCUT2D eigenvalue weighted by atomic mass is 35.5. The average molecular weight is 491 g/mol. The number of benzene rings is 5. The van der Waals surface area contributed by atoms with Crippen molar-refractivity contribution in [2.75, 3.05) is 0 Å². The Balaban J connectivity index is 1.86. The van der Waals surface area contributed by atoms with Crippen LogP contribution >= 0.6 is 23.2 Å². The summed E-state index contributed by atoms with van der Waals surface area (Å²) < 4.78 is 6.46. The molecule has 35 heavy (non-hydrogen) atoms. The van der Waals surface area contributed by atoms with Gasteiger partial charge < -0.3 is 4.42 Å². The molecule has 0 spiro atoms. The summed E-state index contributed by atoms with van der Waals surface area (Å²) in [5, 5.41) is 9.12. The first-order valence-electron chi connectivity index (χ1n) is 11.2. The molecule has 1 heterocycles. The summed E-state index contributed by atoms with van der Waals surface area (Å²) in [5.74, 6) is 0. The number of para-hydroxylation sites is 1. The fraction of sp³-hybridized carbons (Fsp3) is 0. The largest absolute Gasteiger partial charge is 0.455 e. The molecule has 0 atom stereocenters. The topological polar surface area (TPSA) is 47.3 Å². The molecule has 8 rings (SSSR count). The van der Waals surface area contributed by atoms with Crippen molar-refractivity contribution in [3.63, 3.8) is 0 Å². The maximum atomic E-state index is 14.0. The summed E-state index contributed by atoms with van der Waals surface area (Å²) in [6, 6.07) is 22.5. The van der Waals surface area contributed by atoms with Crippen LogP contribution in [0.1, 0.15) is 0 Å². The third-order valence-corrected chi connectivity index (χ3v) is 7.81. The number of rotatable bonds is 0. The van der Waals surface area contributed by atoms with Gasteiger partial charge in [-0.3, -0.25) is 9.59 Å². The number of hydrogen-bond acceptors (Lipinski definition) is 3. The molecule has 0 aliphatic carbocycles. The van der Waals surface area contributed by atoms with Crippen LogP contribution in [-0.2, 0) is 0 Å². The van der Waals surface area contributed by atoms with Crippen LogP contribution in [0.4, 0.5) is 0 Å². The van der Waals surface area contributed by atoms with E-state index in [0.717, 1.165) is 37.7 Å². The van der Waals surface area contributed by atoms with Gasteiger partial charge in [-0.1, -0.05) is 71.7 Å². The zero-order valence-electron chi connectivity index (χ0n) is 17.9. The summed E-state index contributed by atoms with van der Waals surface area (Å²) in [6.07, 6.45) is 0. The third-order valence-electron chi connectivity index (χ3n) is 7.26. The van der Waals surface area contributed by atoms with Crippen LogP contribution in [-0.4, -0.2) is 0 Å². The highest BCUT2D eigenvalue weighted by Gasteiger charge is 2.27. The highest BCUT2D eigenvalue weighted by molar-refractivity contribution is 6.45. The second kappa shape index (κ2) is 6.39. The minimum absolute atomic E-state index is 0.197. The van der Waals surface area contributed by atoms with E-state index in [2.05, 4.69) is 0 Å². The van der Waals surface area contributed by atoms with Gasteiger partial charge >= 0.3 is 0 Å². The summed E-state index contributed by atoms with van der Waals surface area (Å²) >= 11 is 12.9. The molecule has 0 fully saturated rings. The highest BCUT2D eigenvalue weighted by Crippen LogP contribution is 2.46. The van der Waals surface area contributed by atoms with Gasteiger partial charge in [-0.05, 0) is 35.0 Å². The number of furan rings is 1. The number of fused-ring (bicyclic) bond motifs is 14. The monoisotopic (exact) mass is 490 g/mol. The van der Waals surface area contributed by atoms with Crippen LogP contribution in [0.3, 0.4) is 0 Å².